The van der Waals surface area contributed by atoms with Crippen molar-refractivity contribution in [2.24, 2.45) is 5.92 Å². The van der Waals surface area contributed by atoms with Gasteiger partial charge in [0.25, 0.3) is 5.91 Å². The van der Waals surface area contributed by atoms with Crippen molar-refractivity contribution in [3.63, 3.8) is 0 Å². The summed E-state index contributed by atoms with van der Waals surface area (Å²) in [5, 5.41) is 8.86. The zero-order valence-electron chi connectivity index (χ0n) is 18.8. The van der Waals surface area contributed by atoms with Crippen LogP contribution in [-0.2, 0) is 9.84 Å². The van der Waals surface area contributed by atoms with Gasteiger partial charge in [-0.15, -0.1) is 0 Å². The summed E-state index contributed by atoms with van der Waals surface area (Å²) >= 11 is 0. The van der Waals surface area contributed by atoms with Gasteiger partial charge in [-0.3, -0.25) is 4.79 Å². The van der Waals surface area contributed by atoms with Crippen LogP contribution in [0.25, 0.3) is 0 Å². The molecule has 4 rings (SSSR count). The van der Waals surface area contributed by atoms with Gasteiger partial charge in [0.1, 0.15) is 11.8 Å². The van der Waals surface area contributed by atoms with Crippen LogP contribution < -0.4 is 9.64 Å². The third-order valence-corrected chi connectivity index (χ3v) is 7.51. The molecule has 0 bridgehead atoms. The van der Waals surface area contributed by atoms with Gasteiger partial charge >= 0.3 is 0 Å². The molecule has 1 amide bonds. The Balaban J connectivity index is 1.52. The van der Waals surface area contributed by atoms with E-state index in [0.29, 0.717) is 18.3 Å². The molecule has 1 heterocycles. The van der Waals surface area contributed by atoms with Crippen LogP contribution in [0.4, 0.5) is 14.5 Å². The molecule has 0 atom stereocenters. The van der Waals surface area contributed by atoms with E-state index in [4.69, 9.17) is 10.00 Å². The smallest absolute Gasteiger partial charge is 0.257 e. The predicted molar refractivity (Wildman–Crippen MR) is 122 cm³/mol. The van der Waals surface area contributed by atoms with E-state index in [1.54, 1.807) is 15.9 Å². The largest absolute Gasteiger partial charge is 0.492 e. The zero-order chi connectivity index (χ0) is 24.5. The second-order valence-electron chi connectivity index (χ2n) is 8.69. The van der Waals surface area contributed by atoms with Crippen LogP contribution >= 0.6 is 0 Å². The molecule has 2 fully saturated rings. The van der Waals surface area contributed by atoms with E-state index in [9.17, 15) is 22.0 Å². The van der Waals surface area contributed by atoms with Crippen LogP contribution in [0.2, 0.25) is 0 Å². The Bertz CT molecular complexity index is 1250. The third-order valence-electron chi connectivity index (χ3n) is 6.40. The Morgan fingerprint density at radius 3 is 2.41 bits per heavy atom. The Labute approximate surface area is 197 Å². The number of nitrogens with zero attached hydrogens (tertiary/aromatic N) is 3. The first-order chi connectivity index (χ1) is 16.2. The summed E-state index contributed by atoms with van der Waals surface area (Å²) in [7, 11) is -3.53. The van der Waals surface area contributed by atoms with E-state index in [1.807, 2.05) is 0 Å². The fourth-order valence-corrected chi connectivity index (χ4v) is 4.74. The average molecular weight is 490 g/mol. The van der Waals surface area contributed by atoms with Gasteiger partial charge in [0.15, 0.2) is 21.5 Å². The number of hydrogen-bond donors (Lipinski definition) is 0. The molecule has 0 N–H and O–H groups in total. The molecule has 7 nitrogen and oxygen atoms in total. The lowest BCUT2D eigenvalue weighted by Gasteiger charge is -2.36. The number of anilines is 1. The van der Waals surface area contributed by atoms with Gasteiger partial charge in [-0.25, -0.2) is 17.2 Å². The number of benzene rings is 2. The van der Waals surface area contributed by atoms with Crippen molar-refractivity contribution in [1.82, 2.24) is 4.90 Å². The molecule has 1 aliphatic carbocycles. The minimum Gasteiger partial charge on any atom is -0.492 e. The highest BCUT2D eigenvalue weighted by Gasteiger charge is 2.28. The Hall–Kier alpha value is -3.19. The lowest BCUT2D eigenvalue weighted by Crippen LogP contribution is -2.49. The van der Waals surface area contributed by atoms with Crippen molar-refractivity contribution in [1.29, 1.82) is 5.26 Å². The molecule has 2 aromatic rings. The topological polar surface area (TPSA) is 90.7 Å². The fraction of sp³-hybridized carbons (Fsp3) is 0.417. The molecule has 180 valence electrons. The number of sulfone groups is 1. The normalized spacial score (nSPS) is 16.6. The number of carbonyl (C=O) groups is 1. The second-order valence-corrected chi connectivity index (χ2v) is 10.7. The molecule has 1 saturated heterocycles. The lowest BCUT2D eigenvalue weighted by molar-refractivity contribution is 0.0739. The number of ether oxygens (including phenoxy) is 1. The molecule has 34 heavy (non-hydrogen) atoms. The maximum absolute atomic E-state index is 14.4. The number of halogens is 2. The molecule has 0 unspecified atom stereocenters. The summed E-state index contributed by atoms with van der Waals surface area (Å²) in [6, 6.07) is 8.49. The third kappa shape index (κ3) is 4.85. The second kappa shape index (κ2) is 9.58. The van der Waals surface area contributed by atoms with Crippen LogP contribution in [0, 0.1) is 28.9 Å². The standard InChI is InChI=1S/C24H25F2N3O4S/c1-34(31,32)18-6-8-21(33-15-16-3-2-4-16)19(13-18)24(30)29-11-9-28(10-12-29)20-7-5-17(14-27)22(25)23(20)26/h5-8,13,16H,2-4,9-12,15H2,1H3. The Morgan fingerprint density at radius 1 is 1.12 bits per heavy atom. The van der Waals surface area contributed by atoms with Crippen molar-refractivity contribution in [2.75, 3.05) is 43.9 Å². The summed E-state index contributed by atoms with van der Waals surface area (Å²) in [5.41, 5.74) is -0.159. The van der Waals surface area contributed by atoms with E-state index in [1.165, 1.54) is 30.3 Å². The Kier molecular flexibility index (Phi) is 6.75. The summed E-state index contributed by atoms with van der Waals surface area (Å²) in [6.07, 6.45) is 4.37. The quantitative estimate of drug-likeness (QED) is 0.618. The maximum atomic E-state index is 14.4. The molecule has 2 aromatic carbocycles. The van der Waals surface area contributed by atoms with E-state index >= 15 is 0 Å². The molecule has 2 aliphatic rings. The molecule has 10 heteroatoms. The SMILES string of the molecule is CS(=O)(=O)c1ccc(OCC2CCC2)c(C(=O)N2CCN(c3ccc(C#N)c(F)c3F)CC2)c1. The summed E-state index contributed by atoms with van der Waals surface area (Å²) in [6.45, 7) is 1.42. The summed E-state index contributed by atoms with van der Waals surface area (Å²) < 4.78 is 58.5. The van der Waals surface area contributed by atoms with E-state index in [-0.39, 0.29) is 53.8 Å². The van der Waals surface area contributed by atoms with Gasteiger partial charge in [-0.1, -0.05) is 6.42 Å². The number of rotatable bonds is 6. The van der Waals surface area contributed by atoms with Crippen molar-refractivity contribution in [2.45, 2.75) is 24.2 Å². The molecule has 0 spiro atoms. The molecule has 1 saturated carbocycles. The van der Waals surface area contributed by atoms with E-state index < -0.39 is 21.5 Å². The monoisotopic (exact) mass is 489 g/mol. The van der Waals surface area contributed by atoms with Crippen LogP contribution in [0.5, 0.6) is 5.75 Å². The number of carbonyl (C=O) groups excluding carboxylic acids is 1. The lowest BCUT2D eigenvalue weighted by atomic mass is 9.86. The molecule has 0 aromatic heterocycles. The first-order valence-corrected chi connectivity index (χ1v) is 13.0. The Morgan fingerprint density at radius 2 is 1.82 bits per heavy atom. The minimum atomic E-state index is -3.53. The molecule has 1 aliphatic heterocycles. The van der Waals surface area contributed by atoms with Crippen LogP contribution in [0.3, 0.4) is 0 Å². The van der Waals surface area contributed by atoms with Gasteiger partial charge in [0, 0.05) is 32.4 Å². The molecule has 0 radical (unpaired) electrons. The van der Waals surface area contributed by atoms with Gasteiger partial charge in [0.05, 0.1) is 28.3 Å². The number of hydrogen-bond acceptors (Lipinski definition) is 6. The predicted octanol–water partition coefficient (Wildman–Crippen LogP) is 3.38. The van der Waals surface area contributed by atoms with Crippen molar-refractivity contribution in [3.8, 4) is 11.8 Å². The van der Waals surface area contributed by atoms with E-state index in [0.717, 1.165) is 25.5 Å². The highest BCUT2D eigenvalue weighted by Crippen LogP contribution is 2.30. The minimum absolute atomic E-state index is 0.0283. The van der Waals surface area contributed by atoms with Gasteiger partial charge in [-0.2, -0.15) is 5.26 Å². The van der Waals surface area contributed by atoms with Crippen molar-refractivity contribution in [3.05, 3.63) is 53.1 Å². The van der Waals surface area contributed by atoms with Crippen molar-refractivity contribution >= 4 is 21.4 Å². The highest BCUT2D eigenvalue weighted by molar-refractivity contribution is 7.90. The van der Waals surface area contributed by atoms with Gasteiger partial charge < -0.3 is 14.5 Å². The van der Waals surface area contributed by atoms with Crippen LogP contribution in [0.15, 0.2) is 35.2 Å². The number of piperazine rings is 1. The van der Waals surface area contributed by atoms with Crippen LogP contribution in [-0.4, -0.2) is 58.3 Å². The van der Waals surface area contributed by atoms with Crippen molar-refractivity contribution < 1.29 is 26.7 Å². The fourth-order valence-electron chi connectivity index (χ4n) is 4.09. The number of amides is 1. The molecular weight excluding hydrogens is 464 g/mol. The first-order valence-electron chi connectivity index (χ1n) is 11.1. The summed E-state index contributed by atoms with van der Waals surface area (Å²) in [5.74, 6) is -1.88. The zero-order valence-corrected chi connectivity index (χ0v) is 19.6. The molecular formula is C24H25F2N3O4S. The maximum Gasteiger partial charge on any atom is 0.257 e. The van der Waals surface area contributed by atoms with Crippen LogP contribution in [0.1, 0.15) is 35.2 Å². The number of nitriles is 1. The average Bonchev–Trinajstić information content (AvgIpc) is 2.79. The van der Waals surface area contributed by atoms with E-state index in [2.05, 4.69) is 0 Å². The summed E-state index contributed by atoms with van der Waals surface area (Å²) in [4.78, 5) is 16.5. The van der Waals surface area contributed by atoms with Gasteiger partial charge in [0.2, 0.25) is 0 Å². The van der Waals surface area contributed by atoms with Gasteiger partial charge in [-0.05, 0) is 49.1 Å². The highest BCUT2D eigenvalue weighted by atomic mass is 32.2. The first kappa shape index (κ1) is 24.0.